The SMILES string of the molecule is COc1cc(C)ccc1Cn1c2nccc(-c3nc(N4CCN(C(=O)OC(C)(C)C)CC4)c4c(C5CCC5)cncc4n3)c2n2cc(C)nc12. The number of fused-ring (bicyclic) bond motifs is 4. The van der Waals surface area contributed by atoms with E-state index in [-0.39, 0.29) is 6.09 Å². The molecule has 0 spiro atoms. The third-order valence-electron chi connectivity index (χ3n) is 9.86. The number of piperazine rings is 1. The van der Waals surface area contributed by atoms with Crippen molar-refractivity contribution in [3.63, 3.8) is 0 Å². The molecule has 258 valence electrons. The molecule has 12 heteroatoms. The van der Waals surface area contributed by atoms with Crippen molar-refractivity contribution >= 4 is 39.8 Å². The molecular formula is C38H43N9O3. The molecule has 50 heavy (non-hydrogen) atoms. The summed E-state index contributed by atoms with van der Waals surface area (Å²) in [4.78, 5) is 42.1. The van der Waals surface area contributed by atoms with E-state index in [0.717, 1.165) is 74.6 Å². The summed E-state index contributed by atoms with van der Waals surface area (Å²) in [5.41, 5.74) is 7.08. The highest BCUT2D eigenvalue weighted by atomic mass is 16.6. The second-order valence-corrected chi connectivity index (χ2v) is 14.6. The fourth-order valence-electron chi connectivity index (χ4n) is 7.19. The number of benzene rings is 1. The number of pyridine rings is 2. The molecule has 8 rings (SSSR count). The van der Waals surface area contributed by atoms with Crippen LogP contribution >= 0.6 is 0 Å². The van der Waals surface area contributed by atoms with Crippen molar-refractivity contribution in [3.05, 3.63) is 71.4 Å². The molecule has 1 saturated heterocycles. The molecule has 0 N–H and O–H groups in total. The molecule has 2 fully saturated rings. The number of hydrogen-bond acceptors (Lipinski definition) is 9. The first kappa shape index (κ1) is 32.0. The van der Waals surface area contributed by atoms with E-state index in [2.05, 4.69) is 44.0 Å². The van der Waals surface area contributed by atoms with Crippen LogP contribution in [0, 0.1) is 13.8 Å². The molecule has 0 bridgehead atoms. The van der Waals surface area contributed by atoms with Gasteiger partial charge >= 0.3 is 6.09 Å². The van der Waals surface area contributed by atoms with Gasteiger partial charge in [0.25, 0.3) is 0 Å². The fourth-order valence-corrected chi connectivity index (χ4v) is 7.19. The van der Waals surface area contributed by atoms with Gasteiger partial charge in [-0.05, 0) is 76.6 Å². The van der Waals surface area contributed by atoms with Crippen molar-refractivity contribution in [1.82, 2.24) is 38.8 Å². The van der Waals surface area contributed by atoms with Crippen molar-refractivity contribution in [2.75, 3.05) is 38.2 Å². The quantitative estimate of drug-likeness (QED) is 0.191. The fraction of sp³-hybridized carbons (Fsp3) is 0.421. The Morgan fingerprint density at radius 2 is 1.80 bits per heavy atom. The third kappa shape index (κ3) is 5.66. The first-order chi connectivity index (χ1) is 24.1. The number of aromatic nitrogens is 7. The number of nitrogens with zero attached hydrogens (tertiary/aromatic N) is 9. The zero-order valence-electron chi connectivity index (χ0n) is 29.6. The standard InChI is InChI=1S/C38H43N9O3/c1-23-10-11-26(30(18-23)49-6)22-47-35-32(46-21-24(2)41-36(46)47)27(12-13-40-35)33-42-29-20-39-19-28(25-8-7-9-25)31(29)34(43-33)44-14-16-45(17-15-44)37(48)50-38(3,4)5/h10-13,18-21,25H,7-9,14-17,22H2,1-6H3. The smallest absolute Gasteiger partial charge is 0.410 e. The Hall–Kier alpha value is -5.26. The maximum atomic E-state index is 12.9. The predicted octanol–water partition coefficient (Wildman–Crippen LogP) is 6.69. The lowest BCUT2D eigenvalue weighted by molar-refractivity contribution is 0.0240. The van der Waals surface area contributed by atoms with E-state index < -0.39 is 5.60 Å². The van der Waals surface area contributed by atoms with Gasteiger partial charge in [-0.25, -0.2) is 24.7 Å². The number of aryl methyl sites for hydroxylation is 2. The van der Waals surface area contributed by atoms with Crippen molar-refractivity contribution in [1.29, 1.82) is 0 Å². The molecule has 1 aromatic carbocycles. The highest BCUT2D eigenvalue weighted by Gasteiger charge is 2.31. The van der Waals surface area contributed by atoms with Crippen LogP contribution < -0.4 is 9.64 Å². The van der Waals surface area contributed by atoms with Crippen molar-refractivity contribution in [2.24, 2.45) is 0 Å². The summed E-state index contributed by atoms with van der Waals surface area (Å²) in [5.74, 6) is 3.53. The molecule has 1 amide bonds. The van der Waals surface area contributed by atoms with Gasteiger partial charge < -0.3 is 19.3 Å². The van der Waals surface area contributed by atoms with E-state index in [1.165, 1.54) is 12.0 Å². The summed E-state index contributed by atoms with van der Waals surface area (Å²) in [6.07, 6.45) is 10.9. The Kier molecular flexibility index (Phi) is 7.84. The Bertz CT molecular complexity index is 2260. The maximum Gasteiger partial charge on any atom is 0.410 e. The lowest BCUT2D eigenvalue weighted by atomic mass is 9.79. The Labute approximate surface area is 291 Å². The number of methoxy groups -OCH3 is 1. The number of imidazole rings is 2. The van der Waals surface area contributed by atoms with Gasteiger partial charge in [0, 0.05) is 61.3 Å². The zero-order valence-corrected chi connectivity index (χ0v) is 29.6. The lowest BCUT2D eigenvalue weighted by Crippen LogP contribution is -2.50. The molecule has 1 aliphatic heterocycles. The monoisotopic (exact) mass is 673 g/mol. The number of carbonyl (C=O) groups is 1. The number of hydrogen-bond donors (Lipinski definition) is 0. The normalized spacial score (nSPS) is 15.6. The van der Waals surface area contributed by atoms with Crippen LogP contribution in [-0.4, -0.2) is 83.8 Å². The van der Waals surface area contributed by atoms with E-state index in [0.29, 0.717) is 44.5 Å². The van der Waals surface area contributed by atoms with Crippen LogP contribution in [0.1, 0.15) is 68.3 Å². The van der Waals surface area contributed by atoms with Gasteiger partial charge in [0.1, 0.15) is 22.7 Å². The summed E-state index contributed by atoms with van der Waals surface area (Å²) < 4.78 is 15.7. The first-order valence-corrected chi connectivity index (χ1v) is 17.4. The third-order valence-corrected chi connectivity index (χ3v) is 9.86. The van der Waals surface area contributed by atoms with Crippen LogP contribution in [0.4, 0.5) is 10.6 Å². The minimum absolute atomic E-state index is 0.281. The van der Waals surface area contributed by atoms with Crippen molar-refractivity contribution < 1.29 is 14.3 Å². The van der Waals surface area contributed by atoms with E-state index >= 15 is 0 Å². The summed E-state index contributed by atoms with van der Waals surface area (Å²) in [6.45, 7) is 12.6. The molecule has 6 heterocycles. The van der Waals surface area contributed by atoms with Crippen molar-refractivity contribution in [3.8, 4) is 17.1 Å². The summed E-state index contributed by atoms with van der Waals surface area (Å²) in [7, 11) is 1.70. The Balaban J connectivity index is 1.26. The Morgan fingerprint density at radius 3 is 2.52 bits per heavy atom. The molecule has 0 unspecified atom stereocenters. The average Bonchev–Trinajstić information content (AvgIpc) is 3.58. The van der Waals surface area contributed by atoms with E-state index in [1.807, 2.05) is 58.5 Å². The van der Waals surface area contributed by atoms with E-state index in [9.17, 15) is 4.79 Å². The van der Waals surface area contributed by atoms with Crippen molar-refractivity contribution in [2.45, 2.75) is 71.9 Å². The molecule has 5 aromatic heterocycles. The lowest BCUT2D eigenvalue weighted by Gasteiger charge is -2.37. The van der Waals surface area contributed by atoms with E-state index in [1.54, 1.807) is 12.0 Å². The number of carbonyl (C=O) groups excluding carboxylic acids is 1. The van der Waals surface area contributed by atoms with Gasteiger partial charge in [-0.15, -0.1) is 0 Å². The van der Waals surface area contributed by atoms with E-state index in [4.69, 9.17) is 29.4 Å². The molecular weight excluding hydrogens is 630 g/mol. The molecule has 0 radical (unpaired) electrons. The molecule has 12 nitrogen and oxygen atoms in total. The second kappa shape index (κ2) is 12.3. The van der Waals surface area contributed by atoms with Gasteiger partial charge in [-0.1, -0.05) is 18.6 Å². The van der Waals surface area contributed by atoms with Crippen LogP contribution in [0.3, 0.4) is 0 Å². The molecule has 2 aliphatic rings. The zero-order chi connectivity index (χ0) is 34.7. The highest BCUT2D eigenvalue weighted by Crippen LogP contribution is 2.42. The van der Waals surface area contributed by atoms with Gasteiger partial charge in [0.2, 0.25) is 5.78 Å². The minimum Gasteiger partial charge on any atom is -0.496 e. The predicted molar refractivity (Wildman–Crippen MR) is 193 cm³/mol. The highest BCUT2D eigenvalue weighted by molar-refractivity contribution is 5.97. The van der Waals surface area contributed by atoms with Gasteiger partial charge in [-0.3, -0.25) is 14.0 Å². The topological polar surface area (TPSA) is 116 Å². The second-order valence-electron chi connectivity index (χ2n) is 14.6. The molecule has 1 saturated carbocycles. The first-order valence-electron chi connectivity index (χ1n) is 17.4. The largest absolute Gasteiger partial charge is 0.496 e. The average molecular weight is 674 g/mol. The summed E-state index contributed by atoms with van der Waals surface area (Å²) in [5, 5.41) is 1.05. The number of amides is 1. The number of rotatable bonds is 6. The van der Waals surface area contributed by atoms with Crippen LogP contribution in [0.2, 0.25) is 0 Å². The molecule has 0 atom stereocenters. The maximum absolute atomic E-state index is 12.9. The number of ether oxygens (including phenoxy) is 2. The summed E-state index contributed by atoms with van der Waals surface area (Å²) in [6, 6.07) is 8.24. The molecule has 6 aromatic rings. The Morgan fingerprint density at radius 1 is 1.00 bits per heavy atom. The van der Waals surface area contributed by atoms with Crippen LogP contribution in [0.25, 0.3) is 39.2 Å². The van der Waals surface area contributed by atoms with Gasteiger partial charge in [-0.2, -0.15) is 0 Å². The van der Waals surface area contributed by atoms with Crippen LogP contribution in [0.15, 0.2) is 49.1 Å². The number of anilines is 1. The van der Waals surface area contributed by atoms with Crippen LogP contribution in [0.5, 0.6) is 5.75 Å². The summed E-state index contributed by atoms with van der Waals surface area (Å²) >= 11 is 0. The van der Waals surface area contributed by atoms with Crippen LogP contribution in [-0.2, 0) is 11.3 Å². The van der Waals surface area contributed by atoms with Gasteiger partial charge in [0.15, 0.2) is 11.5 Å². The molecule has 1 aliphatic carbocycles. The van der Waals surface area contributed by atoms with Gasteiger partial charge in [0.05, 0.1) is 31.1 Å². The minimum atomic E-state index is -0.545.